The minimum Gasteiger partial charge on any atom is -0.467 e. The van der Waals surface area contributed by atoms with Crippen molar-refractivity contribution in [3.63, 3.8) is 0 Å². The third-order valence-corrected chi connectivity index (χ3v) is 4.71. The molecule has 6 nitrogen and oxygen atoms in total. The lowest BCUT2D eigenvalue weighted by Gasteiger charge is -2.12. The minimum atomic E-state index is -3.44. The number of carbonyl (C=O) groups is 1. The molecule has 0 aromatic carbocycles. The van der Waals surface area contributed by atoms with E-state index in [1.807, 2.05) is 0 Å². The number of sulfone groups is 1. The second kappa shape index (κ2) is 6.55. The van der Waals surface area contributed by atoms with Crippen LogP contribution in [0.2, 0.25) is 0 Å². The summed E-state index contributed by atoms with van der Waals surface area (Å²) in [7, 11) is -3.44. The van der Waals surface area contributed by atoms with E-state index in [0.29, 0.717) is 18.7 Å². The van der Waals surface area contributed by atoms with Gasteiger partial charge < -0.3 is 15.5 Å². The Bertz CT molecular complexity index is 467. The standard InChI is InChI=1S/C11H18N2O4S/c1-9(18(15,16)7-3-5-12)11(14)13-8-10-4-2-6-17-10/h2,4,6,9H,3,5,7-8,12H2,1H3,(H,13,14). The predicted octanol–water partition coefficient (Wildman–Crippen LogP) is 0.0479. The molecule has 1 unspecified atom stereocenters. The van der Waals surface area contributed by atoms with E-state index in [0.717, 1.165) is 0 Å². The van der Waals surface area contributed by atoms with Gasteiger partial charge in [-0.15, -0.1) is 0 Å². The Labute approximate surface area is 106 Å². The molecule has 0 bridgehead atoms. The number of nitrogens with one attached hydrogen (secondary N) is 1. The highest BCUT2D eigenvalue weighted by molar-refractivity contribution is 7.92. The summed E-state index contributed by atoms with van der Waals surface area (Å²) in [4.78, 5) is 11.7. The van der Waals surface area contributed by atoms with Crippen LogP contribution in [-0.2, 0) is 21.2 Å². The summed E-state index contributed by atoms with van der Waals surface area (Å²) in [5, 5.41) is 1.45. The molecule has 0 aliphatic carbocycles. The molecule has 3 N–H and O–H groups in total. The van der Waals surface area contributed by atoms with Crippen LogP contribution >= 0.6 is 0 Å². The van der Waals surface area contributed by atoms with Crippen LogP contribution < -0.4 is 11.1 Å². The average molecular weight is 274 g/mol. The van der Waals surface area contributed by atoms with Crippen LogP contribution in [0.15, 0.2) is 22.8 Å². The highest BCUT2D eigenvalue weighted by Crippen LogP contribution is 2.05. The first kappa shape index (κ1) is 14.7. The average Bonchev–Trinajstić information content (AvgIpc) is 2.85. The van der Waals surface area contributed by atoms with Crippen molar-refractivity contribution < 1.29 is 17.6 Å². The number of hydrogen-bond donors (Lipinski definition) is 2. The van der Waals surface area contributed by atoms with Crippen molar-refractivity contribution in [1.29, 1.82) is 0 Å². The normalized spacial score (nSPS) is 13.2. The molecule has 0 spiro atoms. The SMILES string of the molecule is CC(C(=O)NCc1ccco1)S(=O)(=O)CCCN. The van der Waals surface area contributed by atoms with Crippen molar-refractivity contribution in [2.24, 2.45) is 5.73 Å². The molecule has 18 heavy (non-hydrogen) atoms. The molecule has 0 aliphatic rings. The Hall–Kier alpha value is -1.34. The van der Waals surface area contributed by atoms with Crippen LogP contribution in [0.1, 0.15) is 19.1 Å². The van der Waals surface area contributed by atoms with Gasteiger partial charge in [0.1, 0.15) is 11.0 Å². The van der Waals surface area contributed by atoms with E-state index < -0.39 is 21.0 Å². The number of hydrogen-bond acceptors (Lipinski definition) is 5. The van der Waals surface area contributed by atoms with Gasteiger partial charge in [-0.2, -0.15) is 0 Å². The zero-order chi connectivity index (χ0) is 13.6. The zero-order valence-corrected chi connectivity index (χ0v) is 11.1. The maximum atomic E-state index is 11.8. The fourth-order valence-electron chi connectivity index (χ4n) is 1.36. The molecule has 0 saturated heterocycles. The Kier molecular flexibility index (Phi) is 5.36. The van der Waals surface area contributed by atoms with Crippen molar-refractivity contribution in [1.82, 2.24) is 5.32 Å². The van der Waals surface area contributed by atoms with Gasteiger partial charge in [0.25, 0.3) is 0 Å². The Balaban J connectivity index is 2.50. The van der Waals surface area contributed by atoms with Crippen LogP contribution in [0, 0.1) is 0 Å². The summed E-state index contributed by atoms with van der Waals surface area (Å²) in [5.41, 5.74) is 5.26. The van der Waals surface area contributed by atoms with Gasteiger partial charge in [0, 0.05) is 0 Å². The molecule has 0 saturated carbocycles. The van der Waals surface area contributed by atoms with E-state index >= 15 is 0 Å². The molecule has 0 fully saturated rings. The fourth-order valence-corrected chi connectivity index (χ4v) is 2.69. The summed E-state index contributed by atoms with van der Waals surface area (Å²) in [6, 6.07) is 3.40. The molecule has 1 aromatic rings. The van der Waals surface area contributed by atoms with Gasteiger partial charge in [0.15, 0.2) is 9.84 Å². The number of carbonyl (C=O) groups excluding carboxylic acids is 1. The quantitative estimate of drug-likeness (QED) is 0.731. The lowest BCUT2D eigenvalue weighted by atomic mass is 10.4. The van der Waals surface area contributed by atoms with E-state index in [9.17, 15) is 13.2 Å². The predicted molar refractivity (Wildman–Crippen MR) is 67.5 cm³/mol. The summed E-state index contributed by atoms with van der Waals surface area (Å²) >= 11 is 0. The van der Waals surface area contributed by atoms with E-state index in [4.69, 9.17) is 10.2 Å². The van der Waals surface area contributed by atoms with Crippen LogP contribution in [-0.4, -0.2) is 31.9 Å². The van der Waals surface area contributed by atoms with Crippen molar-refractivity contribution >= 4 is 15.7 Å². The fraction of sp³-hybridized carbons (Fsp3) is 0.545. The minimum absolute atomic E-state index is 0.0706. The Morgan fingerprint density at radius 3 is 2.83 bits per heavy atom. The first-order chi connectivity index (χ1) is 8.47. The molecular formula is C11H18N2O4S. The lowest BCUT2D eigenvalue weighted by molar-refractivity contribution is -0.120. The molecule has 102 valence electrons. The first-order valence-corrected chi connectivity index (χ1v) is 7.40. The van der Waals surface area contributed by atoms with Gasteiger partial charge in [0.2, 0.25) is 5.91 Å². The second-order valence-corrected chi connectivity index (χ2v) is 6.39. The highest BCUT2D eigenvalue weighted by Gasteiger charge is 2.27. The van der Waals surface area contributed by atoms with Crippen LogP contribution in [0.25, 0.3) is 0 Å². The van der Waals surface area contributed by atoms with Gasteiger partial charge in [-0.05, 0) is 32.0 Å². The van der Waals surface area contributed by atoms with E-state index in [1.165, 1.54) is 13.2 Å². The number of rotatable bonds is 7. The van der Waals surface area contributed by atoms with Crippen molar-refractivity contribution in [2.45, 2.75) is 25.1 Å². The summed E-state index contributed by atoms with van der Waals surface area (Å²) in [5.74, 6) is -0.0166. The van der Waals surface area contributed by atoms with Crippen LogP contribution in [0.4, 0.5) is 0 Å². The molecule has 1 amide bonds. The molecule has 7 heteroatoms. The van der Waals surface area contributed by atoms with Gasteiger partial charge in [-0.1, -0.05) is 0 Å². The third kappa shape index (κ3) is 4.15. The lowest BCUT2D eigenvalue weighted by Crippen LogP contribution is -2.38. The summed E-state index contributed by atoms with van der Waals surface area (Å²) < 4.78 is 28.5. The van der Waals surface area contributed by atoms with Crippen molar-refractivity contribution in [3.05, 3.63) is 24.2 Å². The molecule has 1 rings (SSSR count). The number of amides is 1. The maximum absolute atomic E-state index is 11.8. The van der Waals surface area contributed by atoms with Crippen molar-refractivity contribution in [3.8, 4) is 0 Å². The highest BCUT2D eigenvalue weighted by atomic mass is 32.2. The Morgan fingerprint density at radius 1 is 1.56 bits per heavy atom. The second-order valence-electron chi connectivity index (χ2n) is 3.95. The zero-order valence-electron chi connectivity index (χ0n) is 10.3. The third-order valence-electron chi connectivity index (χ3n) is 2.56. The molecule has 0 radical (unpaired) electrons. The molecule has 1 aromatic heterocycles. The van der Waals surface area contributed by atoms with E-state index in [1.54, 1.807) is 12.1 Å². The van der Waals surface area contributed by atoms with Crippen LogP contribution in [0.5, 0.6) is 0 Å². The maximum Gasteiger partial charge on any atom is 0.238 e. The van der Waals surface area contributed by atoms with E-state index in [2.05, 4.69) is 5.32 Å². The van der Waals surface area contributed by atoms with Gasteiger partial charge in [-0.25, -0.2) is 8.42 Å². The van der Waals surface area contributed by atoms with E-state index in [-0.39, 0.29) is 12.3 Å². The number of furan rings is 1. The molecule has 1 atom stereocenters. The summed E-state index contributed by atoms with van der Waals surface area (Å²) in [6.07, 6.45) is 1.85. The van der Waals surface area contributed by atoms with Crippen LogP contribution in [0.3, 0.4) is 0 Å². The smallest absolute Gasteiger partial charge is 0.238 e. The largest absolute Gasteiger partial charge is 0.467 e. The monoisotopic (exact) mass is 274 g/mol. The number of nitrogens with two attached hydrogens (primary N) is 1. The topological polar surface area (TPSA) is 102 Å². The van der Waals surface area contributed by atoms with Gasteiger partial charge in [0.05, 0.1) is 18.6 Å². The van der Waals surface area contributed by atoms with Gasteiger partial charge >= 0.3 is 0 Å². The molecular weight excluding hydrogens is 256 g/mol. The molecule has 0 aliphatic heterocycles. The molecule has 1 heterocycles. The van der Waals surface area contributed by atoms with Gasteiger partial charge in [-0.3, -0.25) is 4.79 Å². The summed E-state index contributed by atoms with van der Waals surface area (Å²) in [6.45, 7) is 1.85. The van der Waals surface area contributed by atoms with Crippen molar-refractivity contribution in [2.75, 3.05) is 12.3 Å². The Morgan fingerprint density at radius 2 is 2.28 bits per heavy atom. The first-order valence-electron chi connectivity index (χ1n) is 5.69.